The van der Waals surface area contributed by atoms with Crippen molar-refractivity contribution in [2.45, 2.75) is 13.2 Å². The summed E-state index contributed by atoms with van der Waals surface area (Å²) in [5, 5.41) is -0.254. The lowest BCUT2D eigenvalue weighted by Gasteiger charge is -2.13. The molecule has 1 aliphatic heterocycles. The van der Waals surface area contributed by atoms with E-state index >= 15 is 0 Å². The van der Waals surface area contributed by atoms with Gasteiger partial charge in [0.15, 0.2) is 11.5 Å². The van der Waals surface area contributed by atoms with E-state index in [1.54, 1.807) is 24.3 Å². The Bertz CT molecular complexity index is 1230. The number of methoxy groups -OCH3 is 1. The number of hydrogen-bond donors (Lipinski definition) is 0. The normalized spacial score (nSPS) is 14.8. The predicted octanol–water partition coefficient (Wildman–Crippen LogP) is 6.30. The Hall–Kier alpha value is -3.29. The molecule has 4 rings (SSSR count). The number of thioether (sulfide) groups is 1. The molecule has 33 heavy (non-hydrogen) atoms. The molecule has 1 aliphatic rings. The number of nitrogens with zero attached hydrogens (tertiary/aromatic N) is 1. The molecule has 168 valence electrons. The third kappa shape index (κ3) is 5.38. The molecule has 0 saturated carbocycles. The molecular weight excluding hydrogens is 465 g/mol. The van der Waals surface area contributed by atoms with Crippen molar-refractivity contribution in [3.8, 4) is 11.5 Å². The van der Waals surface area contributed by atoms with Crippen LogP contribution in [-0.4, -0.2) is 23.2 Å². The van der Waals surface area contributed by atoms with Crippen LogP contribution in [0.5, 0.6) is 11.5 Å². The molecule has 0 aliphatic carbocycles. The minimum atomic E-state index is -0.483. The molecule has 1 saturated heterocycles. The van der Waals surface area contributed by atoms with Crippen LogP contribution in [0.3, 0.4) is 0 Å². The fourth-order valence-corrected chi connectivity index (χ4v) is 4.30. The second-order valence-electron chi connectivity index (χ2n) is 7.19. The first kappa shape index (κ1) is 22.9. The maximum atomic E-state index is 13.3. The van der Waals surface area contributed by atoms with Crippen molar-refractivity contribution < 1.29 is 23.5 Å². The van der Waals surface area contributed by atoms with Gasteiger partial charge in [-0.05, 0) is 58.8 Å². The summed E-state index contributed by atoms with van der Waals surface area (Å²) in [6.45, 7) is 0.359. The van der Waals surface area contributed by atoms with E-state index in [0.717, 1.165) is 28.3 Å². The monoisotopic (exact) mass is 483 g/mol. The molecule has 0 atom stereocenters. The van der Waals surface area contributed by atoms with Crippen LogP contribution in [-0.2, 0) is 17.9 Å². The number of imide groups is 1. The maximum absolute atomic E-state index is 13.3. The van der Waals surface area contributed by atoms with E-state index in [2.05, 4.69) is 0 Å². The zero-order chi connectivity index (χ0) is 23.4. The Morgan fingerprint density at radius 2 is 1.82 bits per heavy atom. The van der Waals surface area contributed by atoms with E-state index < -0.39 is 17.0 Å². The van der Waals surface area contributed by atoms with Gasteiger partial charge in [0.25, 0.3) is 11.1 Å². The quantitative estimate of drug-likeness (QED) is 0.369. The van der Waals surface area contributed by atoms with Crippen molar-refractivity contribution in [3.63, 3.8) is 0 Å². The summed E-state index contributed by atoms with van der Waals surface area (Å²) in [7, 11) is 1.54. The van der Waals surface area contributed by atoms with Crippen LogP contribution in [0, 0.1) is 5.82 Å². The molecule has 1 heterocycles. The Kier molecular flexibility index (Phi) is 7.01. The van der Waals surface area contributed by atoms with Crippen molar-refractivity contribution >= 4 is 40.6 Å². The van der Waals surface area contributed by atoms with E-state index in [9.17, 15) is 14.0 Å². The zero-order valence-corrected chi connectivity index (χ0v) is 19.2. The average Bonchev–Trinajstić information content (AvgIpc) is 3.07. The highest BCUT2D eigenvalue weighted by atomic mass is 35.5. The fourth-order valence-electron chi connectivity index (χ4n) is 3.24. The number of halogens is 2. The number of carbonyl (C=O) groups is 2. The second kappa shape index (κ2) is 10.1. The zero-order valence-electron chi connectivity index (χ0n) is 17.6. The number of carbonyl (C=O) groups excluding carboxylic acids is 2. The van der Waals surface area contributed by atoms with Gasteiger partial charge in [-0.1, -0.05) is 54.1 Å². The molecule has 5 nitrogen and oxygen atoms in total. The first-order chi connectivity index (χ1) is 15.9. The van der Waals surface area contributed by atoms with Crippen molar-refractivity contribution in [1.29, 1.82) is 0 Å². The van der Waals surface area contributed by atoms with Gasteiger partial charge in [0.2, 0.25) is 0 Å². The predicted molar refractivity (Wildman–Crippen MR) is 127 cm³/mol. The molecular formula is C25H19ClFNO4S. The highest BCUT2D eigenvalue weighted by Gasteiger charge is 2.35. The van der Waals surface area contributed by atoms with Gasteiger partial charge in [-0.2, -0.15) is 0 Å². The minimum absolute atomic E-state index is 0.0310. The largest absolute Gasteiger partial charge is 0.493 e. The first-order valence-electron chi connectivity index (χ1n) is 9.98. The summed E-state index contributed by atoms with van der Waals surface area (Å²) in [5.74, 6) is 0.159. The third-order valence-corrected chi connectivity index (χ3v) is 6.20. The lowest BCUT2D eigenvalue weighted by atomic mass is 10.1. The van der Waals surface area contributed by atoms with Crippen molar-refractivity contribution in [2.75, 3.05) is 7.11 Å². The smallest absolute Gasteiger partial charge is 0.293 e. The van der Waals surface area contributed by atoms with Crippen LogP contribution in [0.4, 0.5) is 9.18 Å². The fraction of sp³-hybridized carbons (Fsp3) is 0.120. The van der Waals surface area contributed by atoms with E-state index in [1.165, 1.54) is 19.2 Å². The highest BCUT2D eigenvalue weighted by Crippen LogP contribution is 2.36. The molecule has 3 aromatic carbocycles. The molecule has 0 unspecified atom stereocenters. The van der Waals surface area contributed by atoms with Crippen LogP contribution in [0.1, 0.15) is 16.7 Å². The molecule has 2 amide bonds. The molecule has 1 fully saturated rings. The number of ether oxygens (including phenoxy) is 2. The Balaban J connectivity index is 1.49. The van der Waals surface area contributed by atoms with E-state index in [1.807, 2.05) is 30.3 Å². The van der Waals surface area contributed by atoms with Crippen molar-refractivity contribution in [2.24, 2.45) is 0 Å². The Labute approximate surface area is 199 Å². The Morgan fingerprint density at radius 1 is 1.03 bits per heavy atom. The van der Waals surface area contributed by atoms with Gasteiger partial charge in [-0.15, -0.1) is 0 Å². The van der Waals surface area contributed by atoms with Gasteiger partial charge in [-0.25, -0.2) is 4.39 Å². The number of benzene rings is 3. The number of amides is 2. The van der Waals surface area contributed by atoms with Gasteiger partial charge in [0, 0.05) is 5.02 Å². The van der Waals surface area contributed by atoms with E-state index in [4.69, 9.17) is 21.1 Å². The molecule has 8 heteroatoms. The molecule has 3 aromatic rings. The van der Waals surface area contributed by atoms with Crippen LogP contribution >= 0.6 is 23.4 Å². The van der Waals surface area contributed by atoms with Crippen LogP contribution in [0.15, 0.2) is 71.6 Å². The molecule has 0 bridgehead atoms. The van der Waals surface area contributed by atoms with Gasteiger partial charge in [0.05, 0.1) is 18.6 Å². The van der Waals surface area contributed by atoms with E-state index in [0.29, 0.717) is 29.2 Å². The third-order valence-electron chi connectivity index (χ3n) is 4.94. The number of rotatable bonds is 7. The summed E-state index contributed by atoms with van der Waals surface area (Å²) < 4.78 is 24.6. The van der Waals surface area contributed by atoms with Crippen LogP contribution in [0.2, 0.25) is 5.02 Å². The standard InChI is InChI=1S/C25H19ClFNO4S/c1-31-22-11-17(7-10-21(22)32-15-16-5-3-2-4-6-16)12-23-24(29)28(25(30)33-23)14-18-8-9-19(27)13-20(18)26/h2-13H,14-15H2,1H3/b23-12+. The van der Waals surface area contributed by atoms with Crippen LogP contribution in [0.25, 0.3) is 6.08 Å². The van der Waals surface area contributed by atoms with Gasteiger partial charge < -0.3 is 9.47 Å². The molecule has 0 aromatic heterocycles. The average molecular weight is 484 g/mol. The SMILES string of the molecule is COc1cc(/C=C2/SC(=O)N(Cc3ccc(F)cc3Cl)C2=O)ccc1OCc1ccccc1. The van der Waals surface area contributed by atoms with E-state index in [-0.39, 0.29) is 16.5 Å². The minimum Gasteiger partial charge on any atom is -0.493 e. The lowest BCUT2D eigenvalue weighted by Crippen LogP contribution is -2.27. The topological polar surface area (TPSA) is 55.8 Å². The highest BCUT2D eigenvalue weighted by molar-refractivity contribution is 8.18. The summed E-state index contributed by atoms with van der Waals surface area (Å²) in [5.41, 5.74) is 2.20. The molecule has 0 spiro atoms. The second-order valence-corrected chi connectivity index (χ2v) is 8.59. The number of hydrogen-bond acceptors (Lipinski definition) is 5. The van der Waals surface area contributed by atoms with Gasteiger partial charge in [-0.3, -0.25) is 14.5 Å². The van der Waals surface area contributed by atoms with Gasteiger partial charge >= 0.3 is 0 Å². The van der Waals surface area contributed by atoms with Crippen LogP contribution < -0.4 is 9.47 Å². The first-order valence-corrected chi connectivity index (χ1v) is 11.2. The molecule has 0 radical (unpaired) electrons. The molecule has 0 N–H and O–H groups in total. The maximum Gasteiger partial charge on any atom is 0.293 e. The summed E-state index contributed by atoms with van der Waals surface area (Å²) in [6.07, 6.45) is 1.63. The van der Waals surface area contributed by atoms with Crippen molar-refractivity contribution in [1.82, 2.24) is 4.90 Å². The lowest BCUT2D eigenvalue weighted by molar-refractivity contribution is -0.123. The summed E-state index contributed by atoms with van der Waals surface area (Å²) >= 11 is 6.89. The van der Waals surface area contributed by atoms with Gasteiger partial charge in [0.1, 0.15) is 12.4 Å². The summed E-state index contributed by atoms with van der Waals surface area (Å²) in [6, 6.07) is 18.9. The summed E-state index contributed by atoms with van der Waals surface area (Å²) in [4.78, 5) is 26.6. The van der Waals surface area contributed by atoms with Crippen molar-refractivity contribution in [3.05, 3.63) is 99.2 Å². The Morgan fingerprint density at radius 3 is 2.55 bits per heavy atom.